The van der Waals surface area contributed by atoms with E-state index in [0.29, 0.717) is 0 Å². The molecule has 1 amide bonds. The number of methoxy groups -OCH3 is 1. The van der Waals surface area contributed by atoms with Gasteiger partial charge in [-0.05, 0) is 12.3 Å². The molecule has 0 radical (unpaired) electrons. The molecule has 2 N–H and O–H groups in total. The van der Waals surface area contributed by atoms with E-state index in [9.17, 15) is 9.59 Å². The Balaban J connectivity index is 2.70. The monoisotopic (exact) mass is 214 g/mol. The number of nitrogens with two attached hydrogens (primary N) is 1. The number of carbonyl (C=O) groups is 2. The summed E-state index contributed by atoms with van der Waals surface area (Å²) in [5.74, 6) is -0.554. The predicted octanol–water partition coefficient (Wildman–Crippen LogP) is -0.256. The van der Waals surface area contributed by atoms with E-state index in [1.165, 1.54) is 7.11 Å². The lowest BCUT2D eigenvalue weighted by molar-refractivity contribution is -0.156. The SMILES string of the molecule is COC(=O)C1CCN1C(C(N)=O)C(C)C. The van der Waals surface area contributed by atoms with Crippen LogP contribution in [0.5, 0.6) is 0 Å². The zero-order valence-electron chi connectivity index (χ0n) is 9.40. The molecule has 0 aliphatic carbocycles. The Bertz CT molecular complexity index is 265. The smallest absolute Gasteiger partial charge is 0.323 e. The number of carbonyl (C=O) groups excluding carboxylic acids is 2. The van der Waals surface area contributed by atoms with Crippen molar-refractivity contribution in [1.29, 1.82) is 0 Å². The van der Waals surface area contributed by atoms with Gasteiger partial charge >= 0.3 is 5.97 Å². The van der Waals surface area contributed by atoms with Crippen LogP contribution in [0.25, 0.3) is 0 Å². The van der Waals surface area contributed by atoms with Crippen LogP contribution in [0.3, 0.4) is 0 Å². The Morgan fingerprint density at radius 2 is 2.07 bits per heavy atom. The molecule has 1 heterocycles. The Morgan fingerprint density at radius 1 is 1.47 bits per heavy atom. The van der Waals surface area contributed by atoms with Crippen molar-refractivity contribution in [2.45, 2.75) is 32.4 Å². The van der Waals surface area contributed by atoms with Crippen LogP contribution in [-0.2, 0) is 14.3 Å². The van der Waals surface area contributed by atoms with Crippen molar-refractivity contribution in [1.82, 2.24) is 4.90 Å². The Hall–Kier alpha value is -1.10. The van der Waals surface area contributed by atoms with Gasteiger partial charge in [-0.2, -0.15) is 0 Å². The van der Waals surface area contributed by atoms with Crippen LogP contribution in [0.1, 0.15) is 20.3 Å². The van der Waals surface area contributed by atoms with Gasteiger partial charge < -0.3 is 10.5 Å². The number of amides is 1. The normalized spacial score (nSPS) is 23.3. The lowest BCUT2D eigenvalue weighted by atomic mass is 9.93. The van der Waals surface area contributed by atoms with Gasteiger partial charge in [-0.3, -0.25) is 14.5 Å². The highest BCUT2D eigenvalue weighted by Crippen LogP contribution is 2.25. The molecule has 1 fully saturated rings. The van der Waals surface area contributed by atoms with E-state index >= 15 is 0 Å². The summed E-state index contributed by atoms with van der Waals surface area (Å²) in [7, 11) is 1.35. The first kappa shape index (κ1) is 12.0. The van der Waals surface area contributed by atoms with Gasteiger partial charge in [0.05, 0.1) is 13.2 Å². The number of hydrogen-bond donors (Lipinski definition) is 1. The third-order valence-electron chi connectivity index (χ3n) is 2.81. The number of likely N-dealkylation sites (tertiary alicyclic amines) is 1. The standard InChI is InChI=1S/C10H18N2O3/c1-6(2)8(9(11)13)12-5-4-7(12)10(14)15-3/h6-8H,4-5H2,1-3H3,(H2,11,13). The van der Waals surface area contributed by atoms with Crippen LogP contribution in [0.15, 0.2) is 0 Å². The molecule has 1 aliphatic heterocycles. The van der Waals surface area contributed by atoms with Gasteiger partial charge in [0.2, 0.25) is 5.91 Å². The quantitative estimate of drug-likeness (QED) is 0.655. The fourth-order valence-electron chi connectivity index (χ4n) is 2.00. The van der Waals surface area contributed by atoms with Crippen LogP contribution in [-0.4, -0.2) is 42.5 Å². The van der Waals surface area contributed by atoms with E-state index in [-0.39, 0.29) is 29.9 Å². The molecule has 86 valence electrons. The third kappa shape index (κ3) is 2.28. The van der Waals surface area contributed by atoms with Crippen molar-refractivity contribution in [3.05, 3.63) is 0 Å². The molecule has 0 aromatic heterocycles. The summed E-state index contributed by atoms with van der Waals surface area (Å²) in [6.07, 6.45) is 0.739. The number of esters is 1. The topological polar surface area (TPSA) is 72.6 Å². The Labute approximate surface area is 89.6 Å². The van der Waals surface area contributed by atoms with Crippen molar-refractivity contribution in [2.24, 2.45) is 11.7 Å². The molecule has 0 spiro atoms. The third-order valence-corrected chi connectivity index (χ3v) is 2.81. The van der Waals surface area contributed by atoms with Gasteiger partial charge in [0, 0.05) is 6.54 Å². The van der Waals surface area contributed by atoms with E-state index in [1.54, 1.807) is 0 Å². The first-order valence-electron chi connectivity index (χ1n) is 5.12. The van der Waals surface area contributed by atoms with Crippen LogP contribution >= 0.6 is 0 Å². The minimum Gasteiger partial charge on any atom is -0.468 e. The van der Waals surface area contributed by atoms with E-state index in [0.717, 1.165) is 13.0 Å². The molecule has 1 saturated heterocycles. The highest BCUT2D eigenvalue weighted by atomic mass is 16.5. The first-order chi connectivity index (χ1) is 6.99. The lowest BCUT2D eigenvalue weighted by Gasteiger charge is -2.44. The van der Waals surface area contributed by atoms with Gasteiger partial charge in [0.15, 0.2) is 0 Å². The van der Waals surface area contributed by atoms with Crippen molar-refractivity contribution in [3.8, 4) is 0 Å². The molecule has 1 aliphatic rings. The molecular formula is C10H18N2O3. The maximum absolute atomic E-state index is 11.3. The summed E-state index contributed by atoms with van der Waals surface area (Å²) >= 11 is 0. The second kappa shape index (κ2) is 4.61. The molecule has 0 saturated carbocycles. The van der Waals surface area contributed by atoms with Crippen molar-refractivity contribution < 1.29 is 14.3 Å². The second-order valence-corrected chi connectivity index (χ2v) is 4.16. The van der Waals surface area contributed by atoms with Gasteiger partial charge in [0.1, 0.15) is 6.04 Å². The zero-order valence-corrected chi connectivity index (χ0v) is 9.40. The summed E-state index contributed by atoms with van der Waals surface area (Å²) in [5, 5.41) is 0. The zero-order chi connectivity index (χ0) is 11.6. The summed E-state index contributed by atoms with van der Waals surface area (Å²) in [4.78, 5) is 24.4. The molecule has 5 heteroatoms. The van der Waals surface area contributed by atoms with Crippen LogP contribution < -0.4 is 5.73 Å². The molecule has 15 heavy (non-hydrogen) atoms. The molecule has 0 bridgehead atoms. The minimum absolute atomic E-state index is 0.106. The van der Waals surface area contributed by atoms with E-state index in [4.69, 9.17) is 5.73 Å². The predicted molar refractivity (Wildman–Crippen MR) is 54.9 cm³/mol. The Kier molecular flexibility index (Phi) is 3.68. The average Bonchev–Trinajstić information content (AvgIpc) is 2.10. The lowest BCUT2D eigenvalue weighted by Crippen LogP contribution is -2.62. The summed E-state index contributed by atoms with van der Waals surface area (Å²) in [6.45, 7) is 4.57. The van der Waals surface area contributed by atoms with Gasteiger partial charge in [-0.15, -0.1) is 0 Å². The van der Waals surface area contributed by atoms with Crippen LogP contribution in [0, 0.1) is 5.92 Å². The number of primary amides is 1. The number of hydrogen-bond acceptors (Lipinski definition) is 4. The molecule has 2 atom stereocenters. The second-order valence-electron chi connectivity index (χ2n) is 4.16. The highest BCUT2D eigenvalue weighted by Gasteiger charge is 2.42. The van der Waals surface area contributed by atoms with Gasteiger partial charge in [-0.25, -0.2) is 0 Å². The molecular weight excluding hydrogens is 196 g/mol. The minimum atomic E-state index is -0.376. The Morgan fingerprint density at radius 3 is 2.33 bits per heavy atom. The van der Waals surface area contributed by atoms with Gasteiger partial charge in [-0.1, -0.05) is 13.8 Å². The first-order valence-corrected chi connectivity index (χ1v) is 5.12. The fraction of sp³-hybridized carbons (Fsp3) is 0.800. The van der Waals surface area contributed by atoms with E-state index in [2.05, 4.69) is 4.74 Å². The highest BCUT2D eigenvalue weighted by molar-refractivity contribution is 5.83. The number of ether oxygens (including phenoxy) is 1. The average molecular weight is 214 g/mol. The number of rotatable bonds is 4. The molecule has 0 aromatic rings. The molecule has 0 aromatic carbocycles. The summed E-state index contributed by atoms with van der Waals surface area (Å²) in [5.41, 5.74) is 5.32. The molecule has 1 rings (SSSR count). The van der Waals surface area contributed by atoms with E-state index in [1.807, 2.05) is 18.7 Å². The van der Waals surface area contributed by atoms with Crippen molar-refractivity contribution in [2.75, 3.05) is 13.7 Å². The van der Waals surface area contributed by atoms with Crippen molar-refractivity contribution >= 4 is 11.9 Å². The van der Waals surface area contributed by atoms with Crippen molar-refractivity contribution in [3.63, 3.8) is 0 Å². The maximum atomic E-state index is 11.3. The largest absolute Gasteiger partial charge is 0.468 e. The molecule has 5 nitrogen and oxygen atoms in total. The molecule has 2 unspecified atom stereocenters. The van der Waals surface area contributed by atoms with Crippen LogP contribution in [0.4, 0.5) is 0 Å². The fourth-order valence-corrected chi connectivity index (χ4v) is 2.00. The summed E-state index contributed by atoms with van der Waals surface area (Å²) in [6, 6.07) is -0.669. The van der Waals surface area contributed by atoms with Crippen LogP contribution in [0.2, 0.25) is 0 Å². The number of nitrogens with zero attached hydrogens (tertiary/aromatic N) is 1. The summed E-state index contributed by atoms with van der Waals surface area (Å²) < 4.78 is 4.66. The maximum Gasteiger partial charge on any atom is 0.323 e. The van der Waals surface area contributed by atoms with E-state index < -0.39 is 0 Å². The van der Waals surface area contributed by atoms with Gasteiger partial charge in [0.25, 0.3) is 0 Å².